The predicted molar refractivity (Wildman–Crippen MR) is 127 cm³/mol. The first-order valence-corrected chi connectivity index (χ1v) is 11.4. The number of aromatic nitrogens is 2. The molecule has 0 radical (unpaired) electrons. The minimum absolute atomic E-state index is 0.0486. The van der Waals surface area contributed by atoms with E-state index in [-0.39, 0.29) is 11.8 Å². The molecule has 1 atom stereocenters. The summed E-state index contributed by atoms with van der Waals surface area (Å²) in [5, 5.41) is 0. The van der Waals surface area contributed by atoms with Crippen LogP contribution >= 0.6 is 31.9 Å². The second-order valence-corrected chi connectivity index (χ2v) is 9.30. The van der Waals surface area contributed by atoms with Gasteiger partial charge in [0.15, 0.2) is 0 Å². The van der Waals surface area contributed by atoms with Gasteiger partial charge in [0.05, 0.1) is 16.7 Å². The molecule has 0 bridgehead atoms. The Labute approximate surface area is 191 Å². The number of carbonyl (C=O) groups is 1. The van der Waals surface area contributed by atoms with Crippen LogP contribution in [0.3, 0.4) is 0 Å². The van der Waals surface area contributed by atoms with Crippen molar-refractivity contribution in [3.05, 3.63) is 93.1 Å². The van der Waals surface area contributed by atoms with Crippen LogP contribution in [0.1, 0.15) is 23.7 Å². The Bertz CT molecular complexity index is 1230. The Hall–Kier alpha value is -2.44. The number of anilines is 1. The lowest BCUT2D eigenvalue weighted by Crippen LogP contribution is -2.25. The van der Waals surface area contributed by atoms with Gasteiger partial charge < -0.3 is 9.47 Å². The molecule has 1 aromatic heterocycles. The van der Waals surface area contributed by atoms with Crippen molar-refractivity contribution in [1.82, 2.24) is 9.55 Å². The molecule has 4 nitrogen and oxygen atoms in total. The number of fused-ring (bicyclic) bond motifs is 1. The normalized spacial score (nSPS) is 16.5. The van der Waals surface area contributed by atoms with E-state index >= 15 is 0 Å². The third-order valence-corrected chi connectivity index (χ3v) is 6.77. The van der Waals surface area contributed by atoms with Crippen LogP contribution in [0, 0.1) is 0 Å². The highest BCUT2D eigenvalue weighted by atomic mass is 79.9. The standard InChI is InChI=1S/C24H19Br2N3O/c25-18-11-9-16(10-12-18)14-29-22-8-4-2-6-20(22)27-24(29)17-13-23(30)28(15-17)21-7-3-1-5-19(21)26/h1-12,17H,13-15H2. The number of carbonyl (C=O) groups excluding carboxylic acids is 1. The molecule has 150 valence electrons. The molecule has 0 N–H and O–H groups in total. The lowest BCUT2D eigenvalue weighted by Gasteiger charge is -2.19. The van der Waals surface area contributed by atoms with Crippen LogP contribution in [0.4, 0.5) is 5.69 Å². The monoisotopic (exact) mass is 523 g/mol. The quantitative estimate of drug-likeness (QED) is 0.322. The smallest absolute Gasteiger partial charge is 0.227 e. The first-order valence-electron chi connectivity index (χ1n) is 9.84. The number of benzene rings is 3. The molecule has 4 aromatic rings. The van der Waals surface area contributed by atoms with Crippen molar-refractivity contribution >= 4 is 54.5 Å². The number of hydrogen-bond donors (Lipinski definition) is 0. The minimum Gasteiger partial charge on any atom is -0.323 e. The second-order valence-electron chi connectivity index (χ2n) is 7.53. The van der Waals surface area contributed by atoms with Gasteiger partial charge in [-0.2, -0.15) is 0 Å². The van der Waals surface area contributed by atoms with Crippen molar-refractivity contribution in [2.75, 3.05) is 11.4 Å². The molecule has 0 spiro atoms. The van der Waals surface area contributed by atoms with E-state index < -0.39 is 0 Å². The highest BCUT2D eigenvalue weighted by molar-refractivity contribution is 9.10. The molecule has 6 heteroatoms. The second kappa shape index (κ2) is 8.00. The topological polar surface area (TPSA) is 38.1 Å². The van der Waals surface area contributed by atoms with E-state index in [1.165, 1.54) is 5.56 Å². The summed E-state index contributed by atoms with van der Waals surface area (Å²) in [6.07, 6.45) is 0.463. The van der Waals surface area contributed by atoms with Crippen LogP contribution in [0.5, 0.6) is 0 Å². The highest BCUT2D eigenvalue weighted by Gasteiger charge is 2.35. The number of halogens is 2. The van der Waals surface area contributed by atoms with Crippen LogP contribution in [0.15, 0.2) is 81.7 Å². The average molecular weight is 525 g/mol. The van der Waals surface area contributed by atoms with Gasteiger partial charge in [-0.15, -0.1) is 0 Å². The highest BCUT2D eigenvalue weighted by Crippen LogP contribution is 2.36. The van der Waals surface area contributed by atoms with Crippen LogP contribution in [0.2, 0.25) is 0 Å². The molecule has 1 aliphatic heterocycles. The molecular weight excluding hydrogens is 506 g/mol. The van der Waals surface area contributed by atoms with E-state index in [2.05, 4.69) is 66.8 Å². The number of imidazole rings is 1. The van der Waals surface area contributed by atoms with Crippen molar-refractivity contribution in [3.63, 3.8) is 0 Å². The SMILES string of the molecule is O=C1CC(c2nc3ccccc3n2Cc2ccc(Br)cc2)CN1c1ccccc1Br. The molecule has 30 heavy (non-hydrogen) atoms. The van der Waals surface area contributed by atoms with Crippen LogP contribution < -0.4 is 4.90 Å². The fraction of sp³-hybridized carbons (Fsp3) is 0.167. The molecule has 5 rings (SSSR count). The Morgan fingerprint density at radius 2 is 1.67 bits per heavy atom. The van der Waals surface area contributed by atoms with E-state index in [9.17, 15) is 4.79 Å². The predicted octanol–water partition coefficient (Wildman–Crippen LogP) is 6.13. The molecule has 1 saturated heterocycles. The lowest BCUT2D eigenvalue weighted by atomic mass is 10.1. The van der Waals surface area contributed by atoms with Crippen LogP contribution in [0.25, 0.3) is 11.0 Å². The summed E-state index contributed by atoms with van der Waals surface area (Å²) in [7, 11) is 0. The zero-order valence-electron chi connectivity index (χ0n) is 16.1. The fourth-order valence-corrected chi connectivity index (χ4v) is 4.89. The molecule has 2 heterocycles. The average Bonchev–Trinajstić information content (AvgIpc) is 3.31. The van der Waals surface area contributed by atoms with E-state index in [0.717, 1.165) is 38.0 Å². The number of nitrogens with zero attached hydrogens (tertiary/aromatic N) is 3. The maximum atomic E-state index is 12.9. The van der Waals surface area contributed by atoms with E-state index in [1.54, 1.807) is 0 Å². The number of hydrogen-bond acceptors (Lipinski definition) is 2. The van der Waals surface area contributed by atoms with Crippen molar-refractivity contribution < 1.29 is 4.79 Å². The molecule has 1 fully saturated rings. The summed E-state index contributed by atoms with van der Waals surface area (Å²) < 4.78 is 4.26. The van der Waals surface area contributed by atoms with Crippen molar-refractivity contribution in [2.24, 2.45) is 0 Å². The van der Waals surface area contributed by atoms with E-state index in [0.29, 0.717) is 13.0 Å². The van der Waals surface area contributed by atoms with Gasteiger partial charge in [0.1, 0.15) is 5.82 Å². The Morgan fingerprint density at radius 1 is 0.933 bits per heavy atom. The third kappa shape index (κ3) is 3.59. The summed E-state index contributed by atoms with van der Waals surface area (Å²) in [5.74, 6) is 1.16. The zero-order valence-corrected chi connectivity index (χ0v) is 19.3. The van der Waals surface area contributed by atoms with Crippen LogP contribution in [-0.4, -0.2) is 22.0 Å². The van der Waals surface area contributed by atoms with Crippen molar-refractivity contribution in [3.8, 4) is 0 Å². The number of rotatable bonds is 4. The third-order valence-electron chi connectivity index (χ3n) is 5.57. The number of amides is 1. The van der Waals surface area contributed by atoms with Crippen molar-refractivity contribution in [2.45, 2.75) is 18.9 Å². The zero-order chi connectivity index (χ0) is 20.7. The molecule has 1 unspecified atom stereocenters. The van der Waals surface area contributed by atoms with Gasteiger partial charge in [-0.3, -0.25) is 4.79 Å². The number of para-hydroxylation sites is 3. The summed E-state index contributed by atoms with van der Waals surface area (Å²) in [4.78, 5) is 19.7. The summed E-state index contributed by atoms with van der Waals surface area (Å²) in [6.45, 7) is 1.36. The summed E-state index contributed by atoms with van der Waals surface area (Å²) >= 11 is 7.09. The molecular formula is C24H19Br2N3O. The summed E-state index contributed by atoms with van der Waals surface area (Å²) in [5.41, 5.74) is 4.19. The molecule has 1 amide bonds. The first-order chi connectivity index (χ1) is 14.6. The Kier molecular flexibility index (Phi) is 5.21. The molecule has 1 aliphatic rings. The van der Waals surface area contributed by atoms with Gasteiger partial charge in [0, 0.05) is 34.4 Å². The molecule has 0 saturated carbocycles. The van der Waals surface area contributed by atoms with Gasteiger partial charge in [-0.1, -0.05) is 52.3 Å². The van der Waals surface area contributed by atoms with Gasteiger partial charge in [-0.25, -0.2) is 4.98 Å². The summed E-state index contributed by atoms with van der Waals surface area (Å²) in [6, 6.07) is 24.4. The van der Waals surface area contributed by atoms with Gasteiger partial charge in [-0.05, 0) is 57.9 Å². The van der Waals surface area contributed by atoms with Gasteiger partial charge in [0.25, 0.3) is 0 Å². The Morgan fingerprint density at radius 3 is 2.47 bits per heavy atom. The minimum atomic E-state index is 0.0486. The largest absolute Gasteiger partial charge is 0.323 e. The van der Waals surface area contributed by atoms with Crippen molar-refractivity contribution in [1.29, 1.82) is 0 Å². The fourth-order valence-electron chi connectivity index (χ4n) is 4.13. The van der Waals surface area contributed by atoms with Gasteiger partial charge >= 0.3 is 0 Å². The maximum Gasteiger partial charge on any atom is 0.227 e. The van der Waals surface area contributed by atoms with Gasteiger partial charge in [0.2, 0.25) is 5.91 Å². The first kappa shape index (κ1) is 19.5. The van der Waals surface area contributed by atoms with E-state index in [4.69, 9.17) is 4.98 Å². The maximum absolute atomic E-state index is 12.9. The molecule has 0 aliphatic carbocycles. The van der Waals surface area contributed by atoms with Crippen LogP contribution in [-0.2, 0) is 11.3 Å². The molecule has 3 aromatic carbocycles. The van der Waals surface area contributed by atoms with E-state index in [1.807, 2.05) is 47.4 Å². The Balaban J connectivity index is 1.53. The lowest BCUT2D eigenvalue weighted by molar-refractivity contribution is -0.117.